The van der Waals surface area contributed by atoms with Crippen molar-refractivity contribution < 1.29 is 24.8 Å². The molecule has 1 aliphatic rings. The van der Waals surface area contributed by atoms with Crippen molar-refractivity contribution in [1.29, 1.82) is 0 Å². The van der Waals surface area contributed by atoms with Crippen molar-refractivity contribution >= 4 is 0 Å². The first-order chi connectivity index (χ1) is 13.7. The number of rotatable bonds is 18. The Hall–Kier alpha value is -0.460. The summed E-state index contributed by atoms with van der Waals surface area (Å²) >= 11 is 0. The third kappa shape index (κ3) is 11.5. The standard InChI is InChI=1S/C23H44O5/c1-2-3-4-5-6-7-8-9-10-11-12-13-14-15-16-17-27-23-21(26)19-28-22(23)20(25)18-24/h5-6,20-26H,2-4,7-19H2,1H3/b6-5+/t20-,21+,22+,23+/m1/s1. The van der Waals surface area contributed by atoms with E-state index in [4.69, 9.17) is 14.6 Å². The van der Waals surface area contributed by atoms with Crippen molar-refractivity contribution in [2.75, 3.05) is 19.8 Å². The van der Waals surface area contributed by atoms with E-state index in [1.54, 1.807) is 0 Å². The molecule has 1 heterocycles. The maximum absolute atomic E-state index is 9.88. The summed E-state index contributed by atoms with van der Waals surface area (Å²) in [5, 5.41) is 28.6. The van der Waals surface area contributed by atoms with Crippen molar-refractivity contribution in [2.24, 2.45) is 0 Å². The molecule has 0 amide bonds. The van der Waals surface area contributed by atoms with Crippen molar-refractivity contribution in [2.45, 2.75) is 115 Å². The summed E-state index contributed by atoms with van der Waals surface area (Å²) in [7, 11) is 0. The van der Waals surface area contributed by atoms with E-state index in [2.05, 4.69) is 19.1 Å². The van der Waals surface area contributed by atoms with Crippen LogP contribution in [-0.4, -0.2) is 59.6 Å². The van der Waals surface area contributed by atoms with Crippen LogP contribution in [0.5, 0.6) is 0 Å². The Balaban J connectivity index is 1.87. The van der Waals surface area contributed by atoms with E-state index in [9.17, 15) is 10.2 Å². The van der Waals surface area contributed by atoms with Crippen LogP contribution in [0.25, 0.3) is 0 Å². The van der Waals surface area contributed by atoms with Gasteiger partial charge in [0.05, 0.1) is 13.2 Å². The fourth-order valence-electron chi connectivity index (χ4n) is 3.64. The fourth-order valence-corrected chi connectivity index (χ4v) is 3.64. The third-order valence-electron chi connectivity index (χ3n) is 5.45. The molecular formula is C23H44O5. The molecule has 1 rings (SSSR count). The highest BCUT2D eigenvalue weighted by atomic mass is 16.6. The van der Waals surface area contributed by atoms with Gasteiger partial charge in [0.25, 0.3) is 0 Å². The lowest BCUT2D eigenvalue weighted by molar-refractivity contribution is -0.0938. The van der Waals surface area contributed by atoms with Gasteiger partial charge in [-0.2, -0.15) is 0 Å². The Morgan fingerprint density at radius 1 is 0.929 bits per heavy atom. The molecular weight excluding hydrogens is 356 g/mol. The van der Waals surface area contributed by atoms with Crippen LogP contribution < -0.4 is 0 Å². The predicted molar refractivity (Wildman–Crippen MR) is 113 cm³/mol. The van der Waals surface area contributed by atoms with Crippen molar-refractivity contribution in [1.82, 2.24) is 0 Å². The zero-order valence-electron chi connectivity index (χ0n) is 17.9. The van der Waals surface area contributed by atoms with E-state index < -0.39 is 24.4 Å². The van der Waals surface area contributed by atoms with Crippen molar-refractivity contribution in [3.63, 3.8) is 0 Å². The average Bonchev–Trinajstić information content (AvgIpc) is 3.07. The quantitative estimate of drug-likeness (QED) is 0.238. The molecule has 0 aliphatic carbocycles. The van der Waals surface area contributed by atoms with E-state index in [0.717, 1.165) is 12.8 Å². The number of aliphatic hydroxyl groups is 3. The molecule has 0 bridgehead atoms. The number of hydrogen-bond donors (Lipinski definition) is 3. The molecule has 0 unspecified atom stereocenters. The van der Waals surface area contributed by atoms with Gasteiger partial charge >= 0.3 is 0 Å². The largest absolute Gasteiger partial charge is 0.394 e. The van der Waals surface area contributed by atoms with E-state index in [1.807, 2.05) is 0 Å². The smallest absolute Gasteiger partial charge is 0.114 e. The Kier molecular flexibility index (Phi) is 15.9. The summed E-state index contributed by atoms with van der Waals surface area (Å²) in [5.74, 6) is 0. The van der Waals surface area contributed by atoms with Gasteiger partial charge in [-0.15, -0.1) is 0 Å². The first-order valence-corrected chi connectivity index (χ1v) is 11.6. The van der Waals surface area contributed by atoms with E-state index >= 15 is 0 Å². The molecule has 4 atom stereocenters. The number of ether oxygens (including phenoxy) is 2. The van der Waals surface area contributed by atoms with E-state index in [-0.39, 0.29) is 13.2 Å². The first-order valence-electron chi connectivity index (χ1n) is 11.6. The van der Waals surface area contributed by atoms with Gasteiger partial charge in [-0.1, -0.05) is 76.9 Å². The highest BCUT2D eigenvalue weighted by Gasteiger charge is 2.40. The molecule has 0 saturated carbocycles. The molecule has 0 radical (unpaired) electrons. The van der Waals surface area contributed by atoms with Gasteiger partial charge in [0, 0.05) is 6.61 Å². The zero-order chi connectivity index (χ0) is 20.5. The molecule has 1 fully saturated rings. The minimum Gasteiger partial charge on any atom is -0.394 e. The number of hydrogen-bond acceptors (Lipinski definition) is 5. The molecule has 5 heteroatoms. The molecule has 5 nitrogen and oxygen atoms in total. The van der Waals surface area contributed by atoms with Crippen molar-refractivity contribution in [3.8, 4) is 0 Å². The van der Waals surface area contributed by atoms with Crippen LogP contribution in [0.3, 0.4) is 0 Å². The zero-order valence-corrected chi connectivity index (χ0v) is 17.9. The lowest BCUT2D eigenvalue weighted by Gasteiger charge is -2.23. The second-order valence-corrected chi connectivity index (χ2v) is 8.03. The monoisotopic (exact) mass is 400 g/mol. The Bertz CT molecular complexity index is 374. The summed E-state index contributed by atoms with van der Waals surface area (Å²) in [4.78, 5) is 0. The summed E-state index contributed by atoms with van der Waals surface area (Å²) in [6.07, 6.45) is 18.1. The molecule has 0 aromatic carbocycles. The molecule has 28 heavy (non-hydrogen) atoms. The van der Waals surface area contributed by atoms with Crippen LogP contribution in [0.2, 0.25) is 0 Å². The van der Waals surface area contributed by atoms with Crippen LogP contribution in [0.4, 0.5) is 0 Å². The SMILES string of the molecule is CCCC/C=C/CCCCCCCCCCCO[C@@H]1[C@H]([C@H](O)CO)OC[C@@H]1O. The van der Waals surface area contributed by atoms with Gasteiger partial charge in [0.15, 0.2) is 0 Å². The minimum atomic E-state index is -1.00. The second kappa shape index (κ2) is 17.4. The summed E-state index contributed by atoms with van der Waals surface area (Å²) in [6, 6.07) is 0. The fraction of sp³-hybridized carbons (Fsp3) is 0.913. The number of allylic oxidation sites excluding steroid dienone is 2. The maximum atomic E-state index is 9.88. The molecule has 0 aromatic rings. The summed E-state index contributed by atoms with van der Waals surface area (Å²) in [5.41, 5.74) is 0. The molecule has 3 N–H and O–H groups in total. The Morgan fingerprint density at radius 3 is 2.11 bits per heavy atom. The highest BCUT2D eigenvalue weighted by Crippen LogP contribution is 2.21. The normalized spacial score (nSPS) is 23.6. The van der Waals surface area contributed by atoms with Gasteiger partial charge in [-0.25, -0.2) is 0 Å². The molecule has 0 aromatic heterocycles. The van der Waals surface area contributed by atoms with Gasteiger partial charge in [0.2, 0.25) is 0 Å². The summed E-state index contributed by atoms with van der Waals surface area (Å²) in [6.45, 7) is 2.57. The lowest BCUT2D eigenvalue weighted by Crippen LogP contribution is -2.42. The first kappa shape index (κ1) is 25.6. The molecule has 1 aliphatic heterocycles. The van der Waals surface area contributed by atoms with Gasteiger partial charge in [-0.05, 0) is 25.7 Å². The average molecular weight is 401 g/mol. The minimum absolute atomic E-state index is 0.154. The highest BCUT2D eigenvalue weighted by molar-refractivity contribution is 4.89. The summed E-state index contributed by atoms with van der Waals surface area (Å²) < 4.78 is 11.0. The Labute approximate surface area is 172 Å². The van der Waals surface area contributed by atoms with E-state index in [1.165, 1.54) is 70.6 Å². The molecule has 1 saturated heterocycles. The maximum Gasteiger partial charge on any atom is 0.114 e. The predicted octanol–water partition coefficient (Wildman–Crippen LogP) is 4.13. The topological polar surface area (TPSA) is 79.2 Å². The van der Waals surface area contributed by atoms with Crippen LogP contribution >= 0.6 is 0 Å². The number of aliphatic hydroxyl groups excluding tert-OH is 3. The van der Waals surface area contributed by atoms with Gasteiger partial charge < -0.3 is 24.8 Å². The lowest BCUT2D eigenvalue weighted by atomic mass is 10.1. The van der Waals surface area contributed by atoms with E-state index in [0.29, 0.717) is 6.61 Å². The molecule has 166 valence electrons. The van der Waals surface area contributed by atoms with Crippen LogP contribution in [0.1, 0.15) is 90.4 Å². The molecule has 0 spiro atoms. The third-order valence-corrected chi connectivity index (χ3v) is 5.45. The Morgan fingerprint density at radius 2 is 1.50 bits per heavy atom. The second-order valence-electron chi connectivity index (χ2n) is 8.03. The van der Waals surface area contributed by atoms with Crippen LogP contribution in [-0.2, 0) is 9.47 Å². The van der Waals surface area contributed by atoms with Crippen molar-refractivity contribution in [3.05, 3.63) is 12.2 Å². The van der Waals surface area contributed by atoms with Crippen LogP contribution in [0.15, 0.2) is 12.2 Å². The van der Waals surface area contributed by atoms with Gasteiger partial charge in [0.1, 0.15) is 24.4 Å². The van der Waals surface area contributed by atoms with Gasteiger partial charge in [-0.3, -0.25) is 0 Å². The number of unbranched alkanes of at least 4 members (excludes halogenated alkanes) is 11. The van der Waals surface area contributed by atoms with Crippen LogP contribution in [0, 0.1) is 0 Å².